The molecule has 1 aliphatic heterocycles. The van der Waals surface area contributed by atoms with Crippen LogP contribution < -0.4 is 4.90 Å². The number of hydrogen-bond acceptors (Lipinski definition) is 5. The van der Waals surface area contributed by atoms with Gasteiger partial charge in [0.1, 0.15) is 5.75 Å². The van der Waals surface area contributed by atoms with Crippen molar-refractivity contribution in [3.63, 3.8) is 0 Å². The van der Waals surface area contributed by atoms with Crippen molar-refractivity contribution in [1.82, 2.24) is 4.57 Å². The maximum absolute atomic E-state index is 11.7. The molecule has 35 heavy (non-hydrogen) atoms. The van der Waals surface area contributed by atoms with E-state index in [-0.39, 0.29) is 18.6 Å². The number of carbonyl (C=O) groups is 2. The van der Waals surface area contributed by atoms with Crippen molar-refractivity contribution in [2.75, 3.05) is 11.9 Å². The Morgan fingerprint density at radius 1 is 1.17 bits per heavy atom. The number of anilines is 1. The van der Waals surface area contributed by atoms with Crippen molar-refractivity contribution in [3.8, 4) is 16.9 Å². The molecule has 8 nitrogen and oxygen atoms in total. The van der Waals surface area contributed by atoms with E-state index < -0.39 is 11.6 Å². The fraction of sp³-hybridized carbons (Fsp3) is 0.407. The lowest BCUT2D eigenvalue weighted by Gasteiger charge is -2.36. The maximum atomic E-state index is 11.7. The third-order valence-corrected chi connectivity index (χ3v) is 5.85. The number of carboxylic acid groups (broad SMARTS) is 2. The lowest BCUT2D eigenvalue weighted by molar-refractivity contribution is -0.136. The topological polar surface area (TPSA) is 123 Å². The first-order valence-electron chi connectivity index (χ1n) is 11.4. The van der Waals surface area contributed by atoms with Crippen LogP contribution in [0.3, 0.4) is 0 Å². The van der Waals surface area contributed by atoms with Crippen LogP contribution in [0.4, 0.5) is 5.69 Å². The fourth-order valence-corrected chi connectivity index (χ4v) is 4.40. The minimum absolute atomic E-state index is 0.0303. The van der Waals surface area contributed by atoms with Crippen molar-refractivity contribution in [2.45, 2.75) is 66.2 Å². The number of aryl methyl sites for hydroxylation is 1. The minimum atomic E-state index is -0.840. The second-order valence-electron chi connectivity index (χ2n) is 9.84. The molecule has 1 atom stereocenters. The summed E-state index contributed by atoms with van der Waals surface area (Å²) in [7, 11) is 2.09. The van der Waals surface area contributed by atoms with E-state index in [0.29, 0.717) is 6.04 Å². The Kier molecular flexibility index (Phi) is 8.57. The summed E-state index contributed by atoms with van der Waals surface area (Å²) in [6, 6.07) is 9.52. The zero-order chi connectivity index (χ0) is 26.7. The van der Waals surface area contributed by atoms with Gasteiger partial charge in [0.15, 0.2) is 0 Å². The molecule has 0 amide bonds. The fourth-order valence-electron chi connectivity index (χ4n) is 4.40. The van der Waals surface area contributed by atoms with Crippen LogP contribution in [-0.4, -0.2) is 56.1 Å². The van der Waals surface area contributed by atoms with E-state index in [9.17, 15) is 15.0 Å². The van der Waals surface area contributed by atoms with Gasteiger partial charge in [0.25, 0.3) is 6.47 Å². The number of hydrogen-bond donors (Lipinski definition) is 4. The molecule has 1 aromatic heterocycles. The molecule has 0 fully saturated rings. The summed E-state index contributed by atoms with van der Waals surface area (Å²) in [5, 5.41) is 35.7. The minimum Gasteiger partial charge on any atom is -0.508 e. The number of nitrogens with zero attached hydrogens (tertiary/aromatic N) is 2. The number of phenols is 1. The first-order chi connectivity index (χ1) is 16.2. The molecule has 0 bridgehead atoms. The van der Waals surface area contributed by atoms with Crippen LogP contribution in [0.1, 0.15) is 44.5 Å². The summed E-state index contributed by atoms with van der Waals surface area (Å²) < 4.78 is 2.34. The molecule has 0 aliphatic carbocycles. The molecule has 190 valence electrons. The third kappa shape index (κ3) is 6.33. The molecule has 1 aliphatic rings. The van der Waals surface area contributed by atoms with Crippen LogP contribution in [0.15, 0.2) is 30.3 Å². The van der Waals surface area contributed by atoms with Crippen LogP contribution in [0.5, 0.6) is 5.75 Å². The molecule has 4 N–H and O–H groups in total. The highest BCUT2D eigenvalue weighted by molar-refractivity contribution is 6.07. The van der Waals surface area contributed by atoms with E-state index in [1.165, 1.54) is 11.2 Å². The normalized spacial score (nSPS) is 14.5. The second-order valence-corrected chi connectivity index (χ2v) is 9.84. The summed E-state index contributed by atoms with van der Waals surface area (Å²) in [6.07, 6.45) is -0.0303. The number of carboxylic acids is 1. The van der Waals surface area contributed by atoms with Gasteiger partial charge in [-0.05, 0) is 82.0 Å². The molecular weight excluding hydrogens is 448 g/mol. The number of phenolic OH excluding ortho intramolecular Hbond substituents is 1. The Balaban J connectivity index is 0.000000473. The average molecular weight is 485 g/mol. The summed E-state index contributed by atoms with van der Waals surface area (Å²) in [6.45, 7) is 12.2. The second kappa shape index (κ2) is 10.8. The van der Waals surface area contributed by atoms with E-state index in [4.69, 9.17) is 15.0 Å². The Morgan fingerprint density at radius 3 is 2.17 bits per heavy atom. The average Bonchev–Trinajstić information content (AvgIpc) is 3.04. The zero-order valence-corrected chi connectivity index (χ0v) is 21.5. The summed E-state index contributed by atoms with van der Waals surface area (Å²) >= 11 is 0. The number of aliphatic carboxylic acids is 1. The van der Waals surface area contributed by atoms with Crippen LogP contribution in [0.25, 0.3) is 22.0 Å². The molecule has 0 spiro atoms. The zero-order valence-electron chi connectivity index (χ0n) is 21.5. The van der Waals surface area contributed by atoms with Gasteiger partial charge in [-0.15, -0.1) is 0 Å². The molecule has 0 saturated carbocycles. The highest BCUT2D eigenvalue weighted by atomic mass is 16.4. The number of aliphatic hydroxyl groups is 1. The molecule has 2 aromatic carbocycles. The molecule has 4 rings (SSSR count). The van der Waals surface area contributed by atoms with E-state index in [0.717, 1.165) is 39.9 Å². The van der Waals surface area contributed by atoms with Gasteiger partial charge in [0.2, 0.25) is 0 Å². The molecule has 8 heteroatoms. The number of rotatable bonds is 3. The third-order valence-electron chi connectivity index (χ3n) is 5.85. The van der Waals surface area contributed by atoms with Gasteiger partial charge in [-0.25, -0.2) is 0 Å². The van der Waals surface area contributed by atoms with Gasteiger partial charge < -0.3 is 29.9 Å². The van der Waals surface area contributed by atoms with Gasteiger partial charge in [-0.2, -0.15) is 0 Å². The predicted molar refractivity (Wildman–Crippen MR) is 138 cm³/mol. The quantitative estimate of drug-likeness (QED) is 0.401. The van der Waals surface area contributed by atoms with Crippen molar-refractivity contribution >= 4 is 29.0 Å². The number of aromatic hydroxyl groups is 1. The summed E-state index contributed by atoms with van der Waals surface area (Å²) in [4.78, 5) is 22.3. The smallest absolute Gasteiger partial charge is 0.307 e. The van der Waals surface area contributed by atoms with Gasteiger partial charge >= 0.3 is 5.97 Å². The van der Waals surface area contributed by atoms with Gasteiger partial charge in [-0.1, -0.05) is 12.1 Å². The monoisotopic (exact) mass is 484 g/mol. The predicted octanol–water partition coefficient (Wildman–Crippen LogP) is 4.57. The molecular formula is C27H36N2O6. The van der Waals surface area contributed by atoms with Crippen molar-refractivity contribution in [1.29, 1.82) is 0 Å². The highest BCUT2D eigenvalue weighted by Gasteiger charge is 2.30. The first kappa shape index (κ1) is 27.7. The Hall–Kier alpha value is -3.52. The SMILES string of the molecule is CC(C)(C)O.Cc1c(CC(=O)O)c(-c2ccc(O)cc2)c2cc(C)n3c2c1N(C)C(C)C3.O=CO. The van der Waals surface area contributed by atoms with E-state index in [1.54, 1.807) is 32.9 Å². The standard InChI is InChI=1S/C22H24N2O3.C4H10O.CH2O2/c1-12-9-18-20(15-5-7-16(25)8-6-15)17(10-19(26)27)14(3)21-22(18)24(12)11-13(2)23(21)4;1-4(2,3)5;2-1-3/h5-9,13,25H,10-11H2,1-4H3,(H,26,27);5H,1-3H3;1H,(H,2,3). The van der Waals surface area contributed by atoms with Crippen LogP contribution >= 0.6 is 0 Å². The Bertz CT molecular complexity index is 1200. The van der Waals surface area contributed by atoms with Crippen molar-refractivity contribution < 1.29 is 30.0 Å². The first-order valence-corrected chi connectivity index (χ1v) is 11.4. The number of aromatic nitrogens is 1. The lowest BCUT2D eigenvalue weighted by atomic mass is 9.88. The van der Waals surface area contributed by atoms with Gasteiger partial charge in [0.05, 0.1) is 23.2 Å². The Labute approximate surface area is 206 Å². The number of benzene rings is 2. The van der Waals surface area contributed by atoms with Crippen LogP contribution in [-0.2, 0) is 22.6 Å². The van der Waals surface area contributed by atoms with E-state index >= 15 is 0 Å². The molecule has 2 heterocycles. The van der Waals surface area contributed by atoms with E-state index in [1.807, 2.05) is 19.1 Å². The Morgan fingerprint density at radius 2 is 1.69 bits per heavy atom. The molecule has 1 unspecified atom stereocenters. The van der Waals surface area contributed by atoms with Crippen molar-refractivity contribution in [2.24, 2.45) is 0 Å². The summed E-state index contributed by atoms with van der Waals surface area (Å²) in [5.74, 6) is -0.640. The van der Waals surface area contributed by atoms with Crippen molar-refractivity contribution in [3.05, 3.63) is 47.2 Å². The largest absolute Gasteiger partial charge is 0.508 e. The number of likely N-dealkylation sites (N-methyl/N-ethyl adjacent to an activating group) is 1. The molecule has 0 saturated heterocycles. The molecule has 3 aromatic rings. The molecule has 0 radical (unpaired) electrons. The van der Waals surface area contributed by atoms with E-state index in [2.05, 4.69) is 36.4 Å². The summed E-state index contributed by atoms with van der Waals surface area (Å²) in [5.41, 5.74) is 6.71. The lowest BCUT2D eigenvalue weighted by Crippen LogP contribution is -2.37. The van der Waals surface area contributed by atoms with Crippen LogP contribution in [0, 0.1) is 13.8 Å². The van der Waals surface area contributed by atoms with Gasteiger partial charge in [-0.3, -0.25) is 9.59 Å². The highest BCUT2D eigenvalue weighted by Crippen LogP contribution is 2.45. The maximum Gasteiger partial charge on any atom is 0.307 e. The van der Waals surface area contributed by atoms with Gasteiger partial charge in [0, 0.05) is 30.7 Å². The van der Waals surface area contributed by atoms with Crippen LogP contribution in [0.2, 0.25) is 0 Å².